The normalized spacial score (nSPS) is 13.9. The van der Waals surface area contributed by atoms with Gasteiger partial charge in [0.25, 0.3) is 0 Å². The number of nitrogens with zero attached hydrogens (tertiary/aromatic N) is 3. The van der Waals surface area contributed by atoms with Crippen molar-refractivity contribution < 1.29 is 4.74 Å². The summed E-state index contributed by atoms with van der Waals surface area (Å²) in [5.41, 5.74) is 4.62. The molecule has 2 aromatic rings. The fourth-order valence-corrected chi connectivity index (χ4v) is 3.14. The largest absolute Gasteiger partial charge is 0.383 e. The minimum Gasteiger partial charge on any atom is -0.383 e. The summed E-state index contributed by atoms with van der Waals surface area (Å²) in [5, 5.41) is 7.94. The molecule has 2 aromatic heterocycles. The van der Waals surface area contributed by atoms with Crippen molar-refractivity contribution in [3.63, 3.8) is 0 Å². The van der Waals surface area contributed by atoms with Gasteiger partial charge in [0, 0.05) is 31.5 Å². The second-order valence-electron chi connectivity index (χ2n) is 4.30. The number of thiazole rings is 1. The number of aromatic nitrogens is 3. The van der Waals surface area contributed by atoms with Crippen molar-refractivity contribution in [1.29, 1.82) is 0 Å². The van der Waals surface area contributed by atoms with E-state index in [-0.39, 0.29) is 0 Å². The van der Waals surface area contributed by atoms with Crippen LogP contribution in [-0.2, 0) is 11.2 Å². The molecule has 102 valence electrons. The Morgan fingerprint density at radius 1 is 1.63 bits per heavy atom. The van der Waals surface area contributed by atoms with Gasteiger partial charge in [-0.15, -0.1) is 11.3 Å². The molecular weight excluding hydrogens is 264 g/mol. The standard InChI is InChI=1S/C11H16N6OS/c1-18-5-4-17-3-2-8-9(14-11(15-12)19-8)7-6-13-16-10(7)17/h6H,2-5,12H2,1H3,(H,13,16)(H,14,15). The highest BCUT2D eigenvalue weighted by molar-refractivity contribution is 7.16. The van der Waals surface area contributed by atoms with Crippen LogP contribution in [0, 0.1) is 0 Å². The monoisotopic (exact) mass is 280 g/mol. The van der Waals surface area contributed by atoms with Gasteiger partial charge in [-0.05, 0) is 0 Å². The number of aromatic amines is 1. The van der Waals surface area contributed by atoms with Crippen molar-refractivity contribution in [3.8, 4) is 11.3 Å². The molecule has 4 N–H and O–H groups in total. The fourth-order valence-electron chi connectivity index (χ4n) is 2.26. The van der Waals surface area contributed by atoms with E-state index in [9.17, 15) is 0 Å². The van der Waals surface area contributed by atoms with Crippen molar-refractivity contribution in [1.82, 2.24) is 15.2 Å². The van der Waals surface area contributed by atoms with E-state index in [4.69, 9.17) is 10.6 Å². The number of nitrogen functional groups attached to an aromatic ring is 1. The van der Waals surface area contributed by atoms with Crippen LogP contribution in [0.2, 0.25) is 0 Å². The first-order chi connectivity index (χ1) is 9.33. The summed E-state index contributed by atoms with van der Waals surface area (Å²) in [6, 6.07) is 0. The topological polar surface area (TPSA) is 92.1 Å². The molecule has 0 atom stereocenters. The molecule has 0 fully saturated rings. The highest BCUT2D eigenvalue weighted by Gasteiger charge is 2.24. The number of methoxy groups -OCH3 is 1. The van der Waals surface area contributed by atoms with E-state index >= 15 is 0 Å². The second-order valence-corrected chi connectivity index (χ2v) is 5.38. The number of fused-ring (bicyclic) bond motifs is 3. The number of hydrazine groups is 1. The summed E-state index contributed by atoms with van der Waals surface area (Å²) in [6.07, 6.45) is 2.76. The van der Waals surface area contributed by atoms with Gasteiger partial charge in [-0.1, -0.05) is 0 Å². The molecule has 1 aliphatic rings. The molecule has 0 amide bonds. The molecule has 3 heterocycles. The first-order valence-electron chi connectivity index (χ1n) is 6.07. The van der Waals surface area contributed by atoms with Crippen molar-refractivity contribution in [3.05, 3.63) is 11.1 Å². The van der Waals surface area contributed by atoms with Crippen molar-refractivity contribution in [2.45, 2.75) is 6.42 Å². The van der Waals surface area contributed by atoms with E-state index in [2.05, 4.69) is 25.5 Å². The van der Waals surface area contributed by atoms with Crippen LogP contribution in [0.4, 0.5) is 10.9 Å². The number of rotatable bonds is 4. The molecule has 8 heteroatoms. The van der Waals surface area contributed by atoms with Crippen LogP contribution in [0.15, 0.2) is 6.20 Å². The zero-order chi connectivity index (χ0) is 13.2. The van der Waals surface area contributed by atoms with Crippen LogP contribution in [-0.4, -0.2) is 42.0 Å². The third kappa shape index (κ3) is 2.18. The molecule has 0 bridgehead atoms. The van der Waals surface area contributed by atoms with Gasteiger partial charge in [-0.25, -0.2) is 10.8 Å². The van der Waals surface area contributed by atoms with Gasteiger partial charge in [0.05, 0.1) is 24.1 Å². The highest BCUT2D eigenvalue weighted by atomic mass is 32.1. The number of anilines is 2. The number of H-pyrrole nitrogens is 1. The molecule has 0 spiro atoms. The third-order valence-corrected chi connectivity index (χ3v) is 4.23. The zero-order valence-corrected chi connectivity index (χ0v) is 11.5. The number of ether oxygens (including phenoxy) is 1. The van der Waals surface area contributed by atoms with E-state index in [0.717, 1.165) is 41.7 Å². The Kier molecular flexibility index (Phi) is 3.36. The van der Waals surface area contributed by atoms with Crippen LogP contribution in [0.25, 0.3) is 11.3 Å². The Morgan fingerprint density at radius 2 is 2.53 bits per heavy atom. The van der Waals surface area contributed by atoms with Crippen molar-refractivity contribution in [2.24, 2.45) is 5.84 Å². The maximum absolute atomic E-state index is 5.44. The minimum atomic E-state index is 0.690. The second kappa shape index (κ2) is 5.16. The molecule has 7 nitrogen and oxygen atoms in total. The van der Waals surface area contributed by atoms with Gasteiger partial charge < -0.3 is 9.64 Å². The zero-order valence-electron chi connectivity index (χ0n) is 10.6. The smallest absolute Gasteiger partial charge is 0.197 e. The Balaban J connectivity index is 1.98. The van der Waals surface area contributed by atoms with Crippen LogP contribution >= 0.6 is 11.3 Å². The minimum absolute atomic E-state index is 0.690. The maximum atomic E-state index is 5.44. The SMILES string of the molecule is COCCN1CCc2sc(NN)nc2-c2cn[nH]c21. The van der Waals surface area contributed by atoms with Crippen molar-refractivity contribution >= 4 is 22.3 Å². The summed E-state index contributed by atoms with van der Waals surface area (Å²) in [7, 11) is 1.71. The van der Waals surface area contributed by atoms with E-state index < -0.39 is 0 Å². The van der Waals surface area contributed by atoms with E-state index in [1.165, 1.54) is 4.88 Å². The first-order valence-corrected chi connectivity index (χ1v) is 6.89. The predicted octanol–water partition coefficient (Wildman–Crippen LogP) is 0.828. The molecule has 0 aromatic carbocycles. The van der Waals surface area contributed by atoms with Crippen LogP contribution in [0.5, 0.6) is 0 Å². The van der Waals surface area contributed by atoms with E-state index in [1.54, 1.807) is 18.4 Å². The molecule has 19 heavy (non-hydrogen) atoms. The number of hydrogen-bond donors (Lipinski definition) is 3. The summed E-state index contributed by atoms with van der Waals surface area (Å²) in [5.74, 6) is 6.44. The van der Waals surface area contributed by atoms with Gasteiger partial charge in [-0.3, -0.25) is 10.5 Å². The molecule has 0 aliphatic carbocycles. The summed E-state index contributed by atoms with van der Waals surface area (Å²) < 4.78 is 5.16. The quantitative estimate of drug-likeness (QED) is 0.567. The molecule has 0 saturated carbocycles. The highest BCUT2D eigenvalue weighted by Crippen LogP contribution is 2.38. The molecule has 0 saturated heterocycles. The van der Waals surface area contributed by atoms with Crippen molar-refractivity contribution in [2.75, 3.05) is 37.1 Å². The molecular formula is C11H16N6OS. The lowest BCUT2D eigenvalue weighted by molar-refractivity contribution is 0.205. The van der Waals surface area contributed by atoms with Gasteiger partial charge >= 0.3 is 0 Å². The molecule has 0 radical (unpaired) electrons. The Hall–Kier alpha value is -1.64. The molecule has 3 rings (SSSR count). The van der Waals surface area contributed by atoms with E-state index in [1.807, 2.05) is 6.20 Å². The first kappa shape index (κ1) is 12.4. The lowest BCUT2D eigenvalue weighted by atomic mass is 10.2. The fraction of sp³-hybridized carbons (Fsp3) is 0.455. The van der Waals surface area contributed by atoms with Gasteiger partial charge in [-0.2, -0.15) is 5.10 Å². The number of hydrogen-bond acceptors (Lipinski definition) is 7. The van der Waals surface area contributed by atoms with Gasteiger partial charge in [0.15, 0.2) is 5.13 Å². The summed E-state index contributed by atoms with van der Waals surface area (Å²) in [6.45, 7) is 2.44. The van der Waals surface area contributed by atoms with Crippen LogP contribution in [0.3, 0.4) is 0 Å². The summed E-state index contributed by atoms with van der Waals surface area (Å²) in [4.78, 5) is 8.00. The summed E-state index contributed by atoms with van der Waals surface area (Å²) >= 11 is 1.59. The lowest BCUT2D eigenvalue weighted by Crippen LogP contribution is -2.29. The third-order valence-electron chi connectivity index (χ3n) is 3.19. The van der Waals surface area contributed by atoms with E-state index in [0.29, 0.717) is 6.61 Å². The number of nitrogens with two attached hydrogens (primary N) is 1. The average Bonchev–Trinajstić information content (AvgIpc) is 3.02. The van der Waals surface area contributed by atoms with Crippen LogP contribution in [0.1, 0.15) is 4.88 Å². The number of nitrogens with one attached hydrogen (secondary N) is 2. The predicted molar refractivity (Wildman–Crippen MR) is 75.3 cm³/mol. The van der Waals surface area contributed by atoms with Gasteiger partial charge in [0.1, 0.15) is 5.82 Å². The Morgan fingerprint density at radius 3 is 3.32 bits per heavy atom. The van der Waals surface area contributed by atoms with Crippen LogP contribution < -0.4 is 16.2 Å². The molecule has 0 unspecified atom stereocenters. The average molecular weight is 280 g/mol. The molecule has 1 aliphatic heterocycles. The Labute approximate surface area is 114 Å². The van der Waals surface area contributed by atoms with Gasteiger partial charge in [0.2, 0.25) is 0 Å². The lowest BCUT2D eigenvalue weighted by Gasteiger charge is -2.21. The maximum Gasteiger partial charge on any atom is 0.197 e. The Bertz CT molecular complexity index is 565.